The van der Waals surface area contributed by atoms with Crippen LogP contribution in [0.5, 0.6) is 0 Å². The second-order valence-corrected chi connectivity index (χ2v) is 8.93. The molecule has 1 aromatic heterocycles. The average molecular weight is 375 g/mol. The number of nitrogens with two attached hydrogens (primary N) is 1. The summed E-state index contributed by atoms with van der Waals surface area (Å²) < 4.78 is 28.1. The molecule has 1 heterocycles. The Labute approximate surface area is 154 Å². The van der Waals surface area contributed by atoms with Gasteiger partial charge >= 0.3 is 0 Å². The van der Waals surface area contributed by atoms with Crippen molar-refractivity contribution in [3.63, 3.8) is 0 Å². The first-order valence-corrected chi connectivity index (χ1v) is 10.6. The summed E-state index contributed by atoms with van der Waals surface area (Å²) in [7, 11) is -3.64. The van der Waals surface area contributed by atoms with E-state index in [9.17, 15) is 13.2 Å². The van der Waals surface area contributed by atoms with E-state index in [0.717, 1.165) is 37.1 Å². The number of hydrogen-bond acceptors (Lipinski definition) is 4. The van der Waals surface area contributed by atoms with Gasteiger partial charge in [0.25, 0.3) is 0 Å². The van der Waals surface area contributed by atoms with Gasteiger partial charge in [-0.2, -0.15) is 0 Å². The normalized spacial score (nSPS) is 15.9. The van der Waals surface area contributed by atoms with Crippen LogP contribution in [0.4, 0.5) is 0 Å². The lowest BCUT2D eigenvalue weighted by Gasteiger charge is -2.26. The van der Waals surface area contributed by atoms with Gasteiger partial charge < -0.3 is 10.3 Å². The number of sulfone groups is 1. The largest absolute Gasteiger partial charge is 0.366 e. The van der Waals surface area contributed by atoms with E-state index in [4.69, 9.17) is 5.73 Å². The van der Waals surface area contributed by atoms with Crippen LogP contribution >= 0.6 is 0 Å². The van der Waals surface area contributed by atoms with Crippen molar-refractivity contribution in [3.05, 3.63) is 46.8 Å². The van der Waals surface area contributed by atoms with Crippen molar-refractivity contribution in [2.24, 2.45) is 5.73 Å². The number of hydrogen-bond donors (Lipinski definition) is 1. The number of carbonyl (C=O) groups excluding carboxylic acids is 1. The van der Waals surface area contributed by atoms with E-state index in [1.807, 2.05) is 18.4 Å². The zero-order chi connectivity index (χ0) is 18.9. The molecule has 0 aliphatic heterocycles. The Kier molecular flexibility index (Phi) is 5.18. The topological polar surface area (TPSA) is 95.1 Å². The van der Waals surface area contributed by atoms with Gasteiger partial charge in [0, 0.05) is 17.3 Å². The molecule has 1 aromatic carbocycles. The summed E-state index contributed by atoms with van der Waals surface area (Å²) in [5.74, 6) is -0.767. The number of carbonyl (C=O) groups is 1. The molecule has 1 amide bonds. The van der Waals surface area contributed by atoms with Gasteiger partial charge in [-0.05, 0) is 44.4 Å². The number of amides is 1. The number of aromatic nitrogens is 2. The van der Waals surface area contributed by atoms with Crippen LogP contribution in [0.3, 0.4) is 0 Å². The fourth-order valence-electron chi connectivity index (χ4n) is 3.68. The quantitative estimate of drug-likeness (QED) is 0.869. The molecule has 1 saturated carbocycles. The van der Waals surface area contributed by atoms with Crippen LogP contribution in [-0.4, -0.2) is 23.9 Å². The van der Waals surface area contributed by atoms with Crippen LogP contribution in [0, 0.1) is 13.8 Å². The number of rotatable bonds is 5. The van der Waals surface area contributed by atoms with Crippen LogP contribution in [0.1, 0.15) is 65.5 Å². The van der Waals surface area contributed by atoms with Crippen LogP contribution < -0.4 is 5.73 Å². The van der Waals surface area contributed by atoms with Gasteiger partial charge in [0.1, 0.15) is 0 Å². The first kappa shape index (κ1) is 18.6. The van der Waals surface area contributed by atoms with Gasteiger partial charge in [0.15, 0.2) is 0 Å². The van der Waals surface area contributed by atoms with Gasteiger partial charge in [-0.1, -0.05) is 31.4 Å². The molecule has 0 spiro atoms. The number of nitrogens with zero attached hydrogens (tertiary/aromatic N) is 2. The van der Waals surface area contributed by atoms with E-state index >= 15 is 0 Å². The Bertz CT molecular complexity index is 926. The highest BCUT2D eigenvalue weighted by Gasteiger charge is 2.29. The zero-order valence-corrected chi connectivity index (χ0v) is 16.1. The Morgan fingerprint density at radius 3 is 2.58 bits per heavy atom. The van der Waals surface area contributed by atoms with Gasteiger partial charge in [0.2, 0.25) is 20.9 Å². The van der Waals surface area contributed by atoms with Crippen LogP contribution in [0.15, 0.2) is 29.4 Å². The number of aryl methyl sites for hydroxylation is 1. The molecule has 0 bridgehead atoms. The Balaban J connectivity index is 1.98. The summed E-state index contributed by atoms with van der Waals surface area (Å²) in [5.41, 5.74) is 7.81. The molecule has 6 nitrogen and oxygen atoms in total. The SMILES string of the molecule is Cc1nc(S(=O)(=O)Cc2cccc(C(N)=O)c2)n(C2CCCCC2)c1C. The molecular formula is C19H25N3O3S. The summed E-state index contributed by atoms with van der Waals surface area (Å²) in [6.07, 6.45) is 5.39. The predicted molar refractivity (Wildman–Crippen MR) is 99.7 cm³/mol. The molecule has 2 N–H and O–H groups in total. The first-order chi connectivity index (χ1) is 12.3. The third-order valence-electron chi connectivity index (χ3n) is 5.14. The molecule has 0 saturated heterocycles. The fraction of sp³-hybridized carbons (Fsp3) is 0.474. The van der Waals surface area contributed by atoms with E-state index in [-0.39, 0.29) is 17.0 Å². The summed E-state index contributed by atoms with van der Waals surface area (Å²) in [5, 5.41) is 0.142. The third kappa shape index (κ3) is 3.67. The van der Waals surface area contributed by atoms with Gasteiger partial charge in [-0.15, -0.1) is 0 Å². The molecule has 2 aromatic rings. The lowest BCUT2D eigenvalue weighted by atomic mass is 9.95. The Morgan fingerprint density at radius 1 is 1.23 bits per heavy atom. The van der Waals surface area contributed by atoms with Crippen molar-refractivity contribution < 1.29 is 13.2 Å². The van der Waals surface area contributed by atoms with Crippen molar-refractivity contribution in [2.45, 2.75) is 62.9 Å². The molecule has 1 fully saturated rings. The zero-order valence-electron chi connectivity index (χ0n) is 15.2. The van der Waals surface area contributed by atoms with E-state index in [0.29, 0.717) is 11.1 Å². The van der Waals surface area contributed by atoms with Crippen molar-refractivity contribution >= 4 is 15.7 Å². The summed E-state index contributed by atoms with van der Waals surface area (Å²) in [4.78, 5) is 15.7. The van der Waals surface area contributed by atoms with Gasteiger partial charge in [0.05, 0.1) is 11.4 Å². The number of benzene rings is 1. The standard InChI is InChI=1S/C19H25N3O3S/c1-13-14(2)22(17-9-4-3-5-10-17)19(21-13)26(24,25)12-15-7-6-8-16(11-15)18(20)23/h6-8,11,17H,3-5,9-10,12H2,1-2H3,(H2,20,23). The minimum absolute atomic E-state index is 0.142. The molecule has 3 rings (SSSR count). The van der Waals surface area contributed by atoms with E-state index in [1.165, 1.54) is 12.5 Å². The van der Waals surface area contributed by atoms with Crippen molar-refractivity contribution in [1.82, 2.24) is 9.55 Å². The number of imidazole rings is 1. The van der Waals surface area contributed by atoms with E-state index in [2.05, 4.69) is 4.98 Å². The molecule has 0 unspecified atom stereocenters. The van der Waals surface area contributed by atoms with E-state index < -0.39 is 15.7 Å². The van der Waals surface area contributed by atoms with Crippen molar-refractivity contribution in [2.75, 3.05) is 0 Å². The second kappa shape index (κ2) is 7.23. The maximum Gasteiger partial charge on any atom is 0.248 e. The summed E-state index contributed by atoms with van der Waals surface area (Å²) >= 11 is 0. The number of primary amides is 1. The smallest absolute Gasteiger partial charge is 0.248 e. The summed E-state index contributed by atoms with van der Waals surface area (Å²) in [6, 6.07) is 6.64. The molecule has 1 aliphatic carbocycles. The predicted octanol–water partition coefficient (Wildman–Crippen LogP) is 3.08. The highest BCUT2D eigenvalue weighted by molar-refractivity contribution is 7.90. The maximum atomic E-state index is 13.1. The lowest BCUT2D eigenvalue weighted by molar-refractivity contribution is 0.1000. The monoisotopic (exact) mass is 375 g/mol. The van der Waals surface area contributed by atoms with Crippen molar-refractivity contribution in [1.29, 1.82) is 0 Å². The van der Waals surface area contributed by atoms with E-state index in [1.54, 1.807) is 18.2 Å². The van der Waals surface area contributed by atoms with Crippen molar-refractivity contribution in [3.8, 4) is 0 Å². The highest BCUT2D eigenvalue weighted by atomic mass is 32.2. The lowest BCUT2D eigenvalue weighted by Crippen LogP contribution is -2.20. The Morgan fingerprint density at radius 2 is 1.92 bits per heavy atom. The maximum absolute atomic E-state index is 13.1. The minimum atomic E-state index is -3.64. The highest BCUT2D eigenvalue weighted by Crippen LogP contribution is 2.33. The average Bonchev–Trinajstić information content (AvgIpc) is 2.91. The van der Waals surface area contributed by atoms with Crippen LogP contribution in [0.25, 0.3) is 0 Å². The van der Waals surface area contributed by atoms with Crippen LogP contribution in [0.2, 0.25) is 0 Å². The Hall–Kier alpha value is -2.15. The third-order valence-corrected chi connectivity index (χ3v) is 6.70. The first-order valence-electron chi connectivity index (χ1n) is 8.96. The molecule has 7 heteroatoms. The van der Waals surface area contributed by atoms with Crippen LogP contribution in [-0.2, 0) is 15.6 Å². The molecular weight excluding hydrogens is 350 g/mol. The second-order valence-electron chi connectivity index (χ2n) is 7.05. The molecule has 1 aliphatic rings. The molecule has 0 atom stereocenters. The fourth-order valence-corrected chi connectivity index (χ4v) is 5.29. The molecule has 26 heavy (non-hydrogen) atoms. The molecule has 0 radical (unpaired) electrons. The summed E-state index contributed by atoms with van der Waals surface area (Å²) in [6.45, 7) is 3.78. The molecule has 140 valence electrons. The van der Waals surface area contributed by atoms with Gasteiger partial charge in [-0.25, -0.2) is 13.4 Å². The van der Waals surface area contributed by atoms with Gasteiger partial charge in [-0.3, -0.25) is 4.79 Å². The minimum Gasteiger partial charge on any atom is -0.366 e.